The summed E-state index contributed by atoms with van der Waals surface area (Å²) in [6.07, 6.45) is 0. The standard InChI is InChI=1S/C8H5Cl3O3.Ca.2H/c9-8(10,7(12)14-11)13-6-4-2-1-3-5-6;;;/h1-5H;;;. The van der Waals surface area contributed by atoms with Crippen LogP contribution in [0.2, 0.25) is 0 Å². The second-order valence-corrected chi connectivity index (χ2v) is 3.71. The molecule has 80 valence electrons. The molecule has 0 atom stereocenters. The van der Waals surface area contributed by atoms with Gasteiger partial charge >= 0.3 is 48.2 Å². The van der Waals surface area contributed by atoms with E-state index in [4.69, 9.17) is 39.8 Å². The fourth-order valence-corrected chi connectivity index (χ4v) is 1.17. The number of carbonyl (C=O) groups is 1. The van der Waals surface area contributed by atoms with E-state index >= 15 is 0 Å². The van der Waals surface area contributed by atoms with E-state index < -0.39 is 10.5 Å². The summed E-state index contributed by atoms with van der Waals surface area (Å²) in [4.78, 5) is 10.9. The zero-order valence-electron chi connectivity index (χ0n) is 6.75. The van der Waals surface area contributed by atoms with Crippen LogP contribution in [0.15, 0.2) is 30.3 Å². The van der Waals surface area contributed by atoms with Gasteiger partial charge in [-0.05, 0) is 35.3 Å². The van der Waals surface area contributed by atoms with E-state index in [1.807, 2.05) is 0 Å². The molecule has 1 aromatic rings. The molecule has 15 heavy (non-hydrogen) atoms. The van der Waals surface area contributed by atoms with Crippen LogP contribution in [-0.2, 0) is 9.08 Å². The Hall–Kier alpha value is 0.620. The number of rotatable bonds is 3. The van der Waals surface area contributed by atoms with Gasteiger partial charge in [0.25, 0.3) is 0 Å². The molecule has 0 aliphatic carbocycles. The number of para-hydroxylation sites is 1. The molecule has 0 fully saturated rings. The van der Waals surface area contributed by atoms with E-state index in [2.05, 4.69) is 4.29 Å². The molecule has 0 saturated heterocycles. The van der Waals surface area contributed by atoms with Crippen molar-refractivity contribution in [2.75, 3.05) is 0 Å². The average Bonchev–Trinajstić information content (AvgIpc) is 2.17. The Labute approximate surface area is 132 Å². The van der Waals surface area contributed by atoms with Gasteiger partial charge in [0, 0.05) is 0 Å². The monoisotopic (exact) mass is 296 g/mol. The summed E-state index contributed by atoms with van der Waals surface area (Å²) in [6, 6.07) is 8.34. The maximum absolute atomic E-state index is 10.9. The minimum absolute atomic E-state index is 0. The quantitative estimate of drug-likeness (QED) is 0.632. The molecular formula is C8H7CaCl3O3. The van der Waals surface area contributed by atoms with Crippen LogP contribution in [0.25, 0.3) is 0 Å². The normalized spacial score (nSPS) is 10.1. The predicted molar refractivity (Wildman–Crippen MR) is 62.0 cm³/mol. The Balaban J connectivity index is 0.00000196. The summed E-state index contributed by atoms with van der Waals surface area (Å²) in [6.45, 7) is 0. The van der Waals surface area contributed by atoms with Gasteiger partial charge in [-0.2, -0.15) is 0 Å². The molecule has 3 nitrogen and oxygen atoms in total. The molecule has 1 rings (SSSR count). The number of benzene rings is 1. The molecule has 0 spiro atoms. The number of alkyl halides is 2. The molecule has 0 radical (unpaired) electrons. The van der Waals surface area contributed by atoms with E-state index in [-0.39, 0.29) is 37.7 Å². The summed E-state index contributed by atoms with van der Waals surface area (Å²) in [7, 11) is 0. The van der Waals surface area contributed by atoms with Crippen LogP contribution in [0.3, 0.4) is 0 Å². The van der Waals surface area contributed by atoms with Gasteiger partial charge in [-0.1, -0.05) is 18.2 Å². The fraction of sp³-hybridized carbons (Fsp3) is 0.125. The zero-order valence-corrected chi connectivity index (χ0v) is 9.01. The van der Waals surface area contributed by atoms with E-state index in [1.54, 1.807) is 30.3 Å². The molecule has 0 aliphatic heterocycles. The van der Waals surface area contributed by atoms with Crippen LogP contribution in [0.1, 0.15) is 0 Å². The van der Waals surface area contributed by atoms with Crippen LogP contribution in [0.4, 0.5) is 0 Å². The average molecular weight is 298 g/mol. The van der Waals surface area contributed by atoms with Crippen LogP contribution >= 0.6 is 35.1 Å². The van der Waals surface area contributed by atoms with E-state index in [1.165, 1.54) is 0 Å². The van der Waals surface area contributed by atoms with Crippen LogP contribution in [0.5, 0.6) is 5.75 Å². The van der Waals surface area contributed by atoms with Crippen LogP contribution in [-0.4, -0.2) is 48.2 Å². The van der Waals surface area contributed by atoms with Crippen molar-refractivity contribution in [1.29, 1.82) is 0 Å². The van der Waals surface area contributed by atoms with Gasteiger partial charge in [-0.15, -0.1) is 0 Å². The minimum atomic E-state index is -2.14. The van der Waals surface area contributed by atoms with Crippen molar-refractivity contribution in [3.05, 3.63) is 30.3 Å². The third kappa shape index (κ3) is 4.98. The number of halogens is 3. The second-order valence-electron chi connectivity index (χ2n) is 2.30. The first-order valence-corrected chi connectivity index (χ1v) is 4.57. The topological polar surface area (TPSA) is 35.5 Å². The molecule has 7 heteroatoms. The third-order valence-corrected chi connectivity index (χ3v) is 1.90. The summed E-state index contributed by atoms with van der Waals surface area (Å²) >= 11 is 15.8. The SMILES string of the molecule is O=C(OCl)C(Cl)(Cl)Oc1ccccc1.[CaH2]. The van der Waals surface area contributed by atoms with Crippen LogP contribution < -0.4 is 4.74 Å². The summed E-state index contributed by atoms with van der Waals surface area (Å²) in [5.74, 6) is -0.758. The third-order valence-electron chi connectivity index (χ3n) is 1.30. The van der Waals surface area contributed by atoms with Crippen LogP contribution in [0, 0.1) is 0 Å². The molecular weight excluding hydrogens is 291 g/mol. The van der Waals surface area contributed by atoms with Gasteiger partial charge < -0.3 is 9.03 Å². The summed E-state index contributed by atoms with van der Waals surface area (Å²) in [5.41, 5.74) is 0. The Bertz CT molecular complexity index is 318. The Kier molecular flexibility index (Phi) is 7.34. The molecule has 0 aromatic heterocycles. The Morgan fingerprint density at radius 1 is 1.20 bits per heavy atom. The molecule has 0 N–H and O–H groups in total. The van der Waals surface area contributed by atoms with Gasteiger partial charge in [-0.3, -0.25) is 0 Å². The van der Waals surface area contributed by atoms with E-state index in [9.17, 15) is 4.79 Å². The number of hydrogen-bond donors (Lipinski definition) is 0. The maximum atomic E-state index is 10.9. The summed E-state index contributed by atoms with van der Waals surface area (Å²) < 4.78 is 6.62. The number of carbonyl (C=O) groups excluding carboxylic acids is 1. The molecule has 1 aromatic carbocycles. The van der Waals surface area contributed by atoms with Crippen molar-refractivity contribution in [3.63, 3.8) is 0 Å². The first-order valence-electron chi connectivity index (χ1n) is 3.51. The molecule has 0 bridgehead atoms. The van der Waals surface area contributed by atoms with Crippen molar-refractivity contribution in [2.24, 2.45) is 0 Å². The molecule has 0 amide bonds. The first-order chi connectivity index (χ1) is 6.56. The molecule has 0 aliphatic rings. The summed E-state index contributed by atoms with van der Waals surface area (Å²) in [5, 5.41) is 0. The Morgan fingerprint density at radius 2 is 1.73 bits per heavy atom. The van der Waals surface area contributed by atoms with Gasteiger partial charge in [0.2, 0.25) is 0 Å². The molecule has 0 heterocycles. The zero-order chi connectivity index (χ0) is 10.6. The molecule has 0 saturated carbocycles. The van der Waals surface area contributed by atoms with E-state index in [0.717, 1.165) is 0 Å². The van der Waals surface area contributed by atoms with Crippen molar-refractivity contribution < 1.29 is 13.8 Å². The molecule has 0 unspecified atom stereocenters. The van der Waals surface area contributed by atoms with Crippen molar-refractivity contribution in [1.82, 2.24) is 0 Å². The second kappa shape index (κ2) is 7.05. The van der Waals surface area contributed by atoms with Gasteiger partial charge in [0.1, 0.15) is 17.6 Å². The van der Waals surface area contributed by atoms with Crippen molar-refractivity contribution in [3.8, 4) is 5.75 Å². The number of hydrogen-bond acceptors (Lipinski definition) is 3. The predicted octanol–water partition coefficient (Wildman–Crippen LogP) is 1.98. The van der Waals surface area contributed by atoms with Gasteiger partial charge in [0.05, 0.1) is 0 Å². The van der Waals surface area contributed by atoms with Crippen molar-refractivity contribution in [2.45, 2.75) is 4.52 Å². The van der Waals surface area contributed by atoms with Crippen molar-refractivity contribution >= 4 is 78.8 Å². The van der Waals surface area contributed by atoms with Gasteiger partial charge in [-0.25, -0.2) is 4.79 Å². The fourth-order valence-electron chi connectivity index (χ4n) is 0.723. The van der Waals surface area contributed by atoms with E-state index in [0.29, 0.717) is 5.75 Å². The van der Waals surface area contributed by atoms with Gasteiger partial charge in [0.15, 0.2) is 0 Å². The first kappa shape index (κ1) is 15.6. The number of ether oxygens (including phenoxy) is 1. The Morgan fingerprint density at radius 3 is 2.20 bits per heavy atom.